The molecule has 27 heavy (non-hydrogen) atoms. The second-order valence-electron chi connectivity index (χ2n) is 5.72. The van der Waals surface area contributed by atoms with Crippen LogP contribution in [0.5, 0.6) is 5.75 Å². The van der Waals surface area contributed by atoms with Crippen LogP contribution in [-0.2, 0) is 9.47 Å². The van der Waals surface area contributed by atoms with Gasteiger partial charge >= 0.3 is 11.9 Å². The maximum absolute atomic E-state index is 12.3. The number of carbonyl (C=O) groups excluding carboxylic acids is 2. The predicted octanol–water partition coefficient (Wildman–Crippen LogP) is 4.42. The number of aryl methyl sites for hydroxylation is 1. The predicted molar refractivity (Wildman–Crippen MR) is 99.5 cm³/mol. The van der Waals surface area contributed by atoms with Crippen molar-refractivity contribution in [3.63, 3.8) is 0 Å². The van der Waals surface area contributed by atoms with E-state index in [4.69, 9.17) is 30.2 Å². The lowest BCUT2D eigenvalue weighted by atomic mass is 10.1. The number of halogens is 1. The van der Waals surface area contributed by atoms with E-state index in [-0.39, 0.29) is 12.4 Å². The molecular formula is C20H17ClO6. The number of ether oxygens (including phenoxy) is 3. The van der Waals surface area contributed by atoms with Crippen LogP contribution in [0.1, 0.15) is 26.5 Å². The number of benzene rings is 2. The van der Waals surface area contributed by atoms with Crippen LogP contribution in [0.4, 0.5) is 0 Å². The fraction of sp³-hybridized carbons (Fsp3) is 0.200. The van der Waals surface area contributed by atoms with Crippen LogP contribution in [0.25, 0.3) is 11.0 Å². The quantitative estimate of drug-likeness (QED) is 0.353. The van der Waals surface area contributed by atoms with E-state index in [1.807, 2.05) is 0 Å². The van der Waals surface area contributed by atoms with Gasteiger partial charge in [-0.05, 0) is 49.4 Å². The van der Waals surface area contributed by atoms with Crippen LogP contribution in [0.3, 0.4) is 0 Å². The summed E-state index contributed by atoms with van der Waals surface area (Å²) in [6, 6.07) is 11.2. The van der Waals surface area contributed by atoms with Crippen LogP contribution in [0.2, 0.25) is 5.02 Å². The smallest absolute Gasteiger partial charge is 0.343 e. The lowest BCUT2D eigenvalue weighted by Crippen LogP contribution is -2.10. The molecule has 3 rings (SSSR count). The minimum Gasteiger partial charge on any atom is -0.460 e. The minimum absolute atomic E-state index is 0.132. The zero-order chi connectivity index (χ0) is 19.4. The van der Waals surface area contributed by atoms with Crippen LogP contribution in [-0.4, -0.2) is 32.3 Å². The van der Waals surface area contributed by atoms with Gasteiger partial charge < -0.3 is 18.6 Å². The summed E-state index contributed by atoms with van der Waals surface area (Å²) in [5.41, 5.74) is 1.16. The van der Waals surface area contributed by atoms with Gasteiger partial charge in [0.1, 0.15) is 29.3 Å². The Morgan fingerprint density at radius 2 is 1.78 bits per heavy atom. The van der Waals surface area contributed by atoms with E-state index in [0.717, 1.165) is 0 Å². The third-order valence-corrected chi connectivity index (χ3v) is 4.10. The molecule has 7 heteroatoms. The molecule has 140 valence electrons. The summed E-state index contributed by atoms with van der Waals surface area (Å²) in [6.07, 6.45) is 0. The third kappa shape index (κ3) is 4.30. The molecular weight excluding hydrogens is 372 g/mol. The average molecular weight is 389 g/mol. The molecule has 0 spiro atoms. The van der Waals surface area contributed by atoms with Crippen molar-refractivity contribution < 1.29 is 28.2 Å². The van der Waals surface area contributed by atoms with E-state index in [9.17, 15) is 9.59 Å². The number of furan rings is 1. The Balaban J connectivity index is 1.85. The maximum Gasteiger partial charge on any atom is 0.343 e. The molecule has 0 bridgehead atoms. The fourth-order valence-electron chi connectivity index (χ4n) is 2.56. The topological polar surface area (TPSA) is 75.0 Å². The zero-order valence-corrected chi connectivity index (χ0v) is 15.5. The van der Waals surface area contributed by atoms with E-state index in [2.05, 4.69) is 0 Å². The highest BCUT2D eigenvalue weighted by atomic mass is 35.5. The summed E-state index contributed by atoms with van der Waals surface area (Å²) in [4.78, 5) is 24.6. The first-order valence-corrected chi connectivity index (χ1v) is 8.54. The summed E-state index contributed by atoms with van der Waals surface area (Å²) in [5, 5.41) is 1.04. The summed E-state index contributed by atoms with van der Waals surface area (Å²) in [5.74, 6) is -0.345. The van der Waals surface area contributed by atoms with E-state index >= 15 is 0 Å². The van der Waals surface area contributed by atoms with Gasteiger partial charge in [-0.1, -0.05) is 11.6 Å². The molecule has 0 saturated heterocycles. The molecule has 0 N–H and O–H groups in total. The fourth-order valence-corrected chi connectivity index (χ4v) is 2.68. The van der Waals surface area contributed by atoms with Crippen LogP contribution < -0.4 is 4.74 Å². The van der Waals surface area contributed by atoms with Gasteiger partial charge in [0, 0.05) is 17.5 Å². The van der Waals surface area contributed by atoms with Gasteiger partial charge in [-0.3, -0.25) is 0 Å². The van der Waals surface area contributed by atoms with Crippen molar-refractivity contribution in [1.29, 1.82) is 0 Å². The average Bonchev–Trinajstić information content (AvgIpc) is 2.97. The number of carbonyl (C=O) groups is 2. The lowest BCUT2D eigenvalue weighted by Gasteiger charge is -2.06. The van der Waals surface area contributed by atoms with Crippen molar-refractivity contribution in [3.8, 4) is 5.75 Å². The highest BCUT2D eigenvalue weighted by molar-refractivity contribution is 6.30. The Labute approximate surface area is 160 Å². The summed E-state index contributed by atoms with van der Waals surface area (Å²) < 4.78 is 21.0. The summed E-state index contributed by atoms with van der Waals surface area (Å²) in [6.45, 7) is 2.10. The Hall–Kier alpha value is -2.83. The molecule has 0 unspecified atom stereocenters. The molecule has 0 aliphatic rings. The lowest BCUT2D eigenvalue weighted by molar-refractivity contribution is 0.0388. The first-order chi connectivity index (χ1) is 13.0. The first kappa shape index (κ1) is 18.9. The molecule has 0 aliphatic heterocycles. The molecule has 0 radical (unpaired) electrons. The highest BCUT2D eigenvalue weighted by Gasteiger charge is 2.21. The number of esters is 2. The molecule has 0 amide bonds. The molecule has 0 fully saturated rings. The van der Waals surface area contributed by atoms with Crippen LogP contribution >= 0.6 is 11.6 Å². The van der Waals surface area contributed by atoms with Crippen molar-refractivity contribution in [1.82, 2.24) is 0 Å². The molecule has 6 nitrogen and oxygen atoms in total. The zero-order valence-electron chi connectivity index (χ0n) is 14.8. The van der Waals surface area contributed by atoms with Crippen molar-refractivity contribution >= 4 is 34.5 Å². The number of rotatable bonds is 6. The van der Waals surface area contributed by atoms with Gasteiger partial charge in [0.05, 0.1) is 12.2 Å². The van der Waals surface area contributed by atoms with E-state index < -0.39 is 11.9 Å². The number of fused-ring (bicyclic) bond motifs is 1. The standard InChI is InChI=1S/C20H17ClO6/c1-12-18(20(23)25-10-9-24-2)16-11-15(7-8-17(16)26-12)27-19(22)13-3-5-14(21)6-4-13/h3-8,11H,9-10H2,1-2H3. The minimum atomic E-state index is -0.532. The monoisotopic (exact) mass is 388 g/mol. The first-order valence-electron chi connectivity index (χ1n) is 8.16. The second kappa shape index (κ2) is 8.24. The van der Waals surface area contributed by atoms with Gasteiger partial charge in [-0.25, -0.2) is 9.59 Å². The number of hydrogen-bond acceptors (Lipinski definition) is 6. The van der Waals surface area contributed by atoms with E-state index in [1.54, 1.807) is 49.4 Å². The molecule has 1 heterocycles. The van der Waals surface area contributed by atoms with Crippen molar-refractivity contribution in [2.45, 2.75) is 6.92 Å². The summed E-state index contributed by atoms with van der Waals surface area (Å²) in [7, 11) is 1.52. The Morgan fingerprint density at radius 1 is 1.04 bits per heavy atom. The Bertz CT molecular complexity index is 974. The van der Waals surface area contributed by atoms with Gasteiger partial charge in [0.25, 0.3) is 0 Å². The second-order valence-corrected chi connectivity index (χ2v) is 6.15. The largest absolute Gasteiger partial charge is 0.460 e. The maximum atomic E-state index is 12.3. The molecule has 0 aliphatic carbocycles. The molecule has 0 atom stereocenters. The number of methoxy groups -OCH3 is 1. The molecule has 2 aromatic carbocycles. The van der Waals surface area contributed by atoms with Crippen LogP contribution in [0, 0.1) is 6.92 Å². The van der Waals surface area contributed by atoms with Crippen LogP contribution in [0.15, 0.2) is 46.9 Å². The Kier molecular flexibility index (Phi) is 5.78. The van der Waals surface area contributed by atoms with Gasteiger partial charge in [-0.15, -0.1) is 0 Å². The molecule has 1 aromatic heterocycles. The third-order valence-electron chi connectivity index (χ3n) is 3.85. The highest BCUT2D eigenvalue weighted by Crippen LogP contribution is 2.30. The normalized spacial score (nSPS) is 10.8. The van der Waals surface area contributed by atoms with Gasteiger partial charge in [0.15, 0.2) is 0 Å². The van der Waals surface area contributed by atoms with E-state index in [1.165, 1.54) is 7.11 Å². The van der Waals surface area contributed by atoms with Crippen molar-refractivity contribution in [2.75, 3.05) is 20.3 Å². The van der Waals surface area contributed by atoms with E-state index in [0.29, 0.717) is 39.5 Å². The SMILES string of the molecule is COCCOC(=O)c1c(C)oc2ccc(OC(=O)c3ccc(Cl)cc3)cc12. The summed E-state index contributed by atoms with van der Waals surface area (Å²) >= 11 is 5.82. The van der Waals surface area contributed by atoms with Gasteiger partial charge in [-0.2, -0.15) is 0 Å². The van der Waals surface area contributed by atoms with Gasteiger partial charge in [0.2, 0.25) is 0 Å². The Morgan fingerprint density at radius 3 is 2.48 bits per heavy atom. The van der Waals surface area contributed by atoms with Crippen molar-refractivity contribution in [2.24, 2.45) is 0 Å². The van der Waals surface area contributed by atoms with Crippen molar-refractivity contribution in [3.05, 3.63) is 64.4 Å². The number of hydrogen-bond donors (Lipinski definition) is 0. The molecule has 3 aromatic rings. The molecule has 0 saturated carbocycles.